The molecule has 1 heterocycles. The van der Waals surface area contributed by atoms with Crippen molar-refractivity contribution in [2.75, 3.05) is 19.7 Å². The molecule has 4 rings (SSSR count). The maximum atomic E-state index is 12.4. The lowest BCUT2D eigenvalue weighted by molar-refractivity contribution is -0.123. The van der Waals surface area contributed by atoms with Gasteiger partial charge in [-0.05, 0) is 23.6 Å². The third-order valence-electron chi connectivity index (χ3n) is 5.22. The van der Waals surface area contributed by atoms with E-state index in [0.717, 1.165) is 42.9 Å². The summed E-state index contributed by atoms with van der Waals surface area (Å²) in [6.45, 7) is 2.83. The number of rotatable bonds is 7. The number of para-hydroxylation sites is 1. The number of ether oxygens (including phenoxy) is 1. The SMILES string of the molecule is O=C(COc1ccccc1-c1ccccc1)N[C@H]1CCN(Cc2ccccc2)C1. The Bertz CT molecular complexity index is 928. The van der Waals surface area contributed by atoms with Crippen molar-refractivity contribution in [3.8, 4) is 16.9 Å². The minimum Gasteiger partial charge on any atom is -0.483 e. The average Bonchev–Trinajstić information content (AvgIpc) is 3.20. The molecular weight excluding hydrogens is 360 g/mol. The van der Waals surface area contributed by atoms with Crippen molar-refractivity contribution in [1.82, 2.24) is 10.2 Å². The molecule has 3 aromatic carbocycles. The first-order valence-electron chi connectivity index (χ1n) is 10.1. The number of hydrogen-bond donors (Lipinski definition) is 1. The molecule has 0 bridgehead atoms. The maximum Gasteiger partial charge on any atom is 0.258 e. The third kappa shape index (κ3) is 5.24. The lowest BCUT2D eigenvalue weighted by Crippen LogP contribution is -2.39. The van der Waals surface area contributed by atoms with Crippen LogP contribution < -0.4 is 10.1 Å². The first kappa shape index (κ1) is 19.2. The largest absolute Gasteiger partial charge is 0.483 e. The smallest absolute Gasteiger partial charge is 0.258 e. The highest BCUT2D eigenvalue weighted by Crippen LogP contribution is 2.29. The van der Waals surface area contributed by atoms with E-state index >= 15 is 0 Å². The van der Waals surface area contributed by atoms with Crippen LogP contribution in [0.4, 0.5) is 0 Å². The number of hydrogen-bond acceptors (Lipinski definition) is 3. The van der Waals surface area contributed by atoms with Crippen molar-refractivity contribution in [3.05, 3.63) is 90.5 Å². The molecule has 0 radical (unpaired) electrons. The summed E-state index contributed by atoms with van der Waals surface area (Å²) in [6.07, 6.45) is 0.971. The Labute approximate surface area is 172 Å². The Balaban J connectivity index is 1.28. The Morgan fingerprint density at radius 2 is 1.62 bits per heavy atom. The average molecular weight is 386 g/mol. The van der Waals surface area contributed by atoms with Crippen LogP contribution in [0.15, 0.2) is 84.9 Å². The molecule has 1 amide bonds. The van der Waals surface area contributed by atoms with E-state index in [9.17, 15) is 4.79 Å². The van der Waals surface area contributed by atoms with Gasteiger partial charge in [-0.3, -0.25) is 9.69 Å². The topological polar surface area (TPSA) is 41.6 Å². The predicted octanol–water partition coefficient (Wildman–Crippen LogP) is 4.12. The monoisotopic (exact) mass is 386 g/mol. The van der Waals surface area contributed by atoms with Gasteiger partial charge in [0.15, 0.2) is 6.61 Å². The summed E-state index contributed by atoms with van der Waals surface area (Å²) in [5.74, 6) is 0.658. The van der Waals surface area contributed by atoms with Crippen LogP contribution in [0.1, 0.15) is 12.0 Å². The summed E-state index contributed by atoms with van der Waals surface area (Å²) >= 11 is 0. The molecule has 29 heavy (non-hydrogen) atoms. The molecule has 0 saturated carbocycles. The quantitative estimate of drug-likeness (QED) is 0.664. The number of benzene rings is 3. The van der Waals surface area contributed by atoms with E-state index in [1.807, 2.05) is 60.7 Å². The molecule has 4 heteroatoms. The molecule has 3 aromatic rings. The van der Waals surface area contributed by atoms with Crippen LogP contribution in [0.2, 0.25) is 0 Å². The summed E-state index contributed by atoms with van der Waals surface area (Å²) in [4.78, 5) is 14.8. The molecule has 1 aliphatic heterocycles. The molecule has 0 unspecified atom stereocenters. The standard InChI is InChI=1S/C25H26N2O2/c28-25(26-22-15-16-27(18-22)17-20-9-3-1-4-10-20)19-29-24-14-8-7-13-23(24)21-11-5-2-6-12-21/h1-14,22H,15-19H2,(H,26,28)/t22-/m0/s1. The van der Waals surface area contributed by atoms with Crippen molar-refractivity contribution in [2.24, 2.45) is 0 Å². The Hall–Kier alpha value is -3.11. The zero-order chi connectivity index (χ0) is 19.9. The van der Waals surface area contributed by atoms with Crippen LogP contribution in [-0.4, -0.2) is 36.5 Å². The van der Waals surface area contributed by atoms with Crippen molar-refractivity contribution in [2.45, 2.75) is 19.0 Å². The first-order chi connectivity index (χ1) is 14.3. The second kappa shape index (κ2) is 9.39. The fourth-order valence-electron chi connectivity index (χ4n) is 3.80. The van der Waals surface area contributed by atoms with Gasteiger partial charge in [0.05, 0.1) is 0 Å². The number of carbonyl (C=O) groups is 1. The lowest BCUT2D eigenvalue weighted by atomic mass is 10.1. The molecule has 0 aromatic heterocycles. The van der Waals surface area contributed by atoms with Crippen molar-refractivity contribution in [3.63, 3.8) is 0 Å². The summed E-state index contributed by atoms with van der Waals surface area (Å²) < 4.78 is 5.86. The van der Waals surface area contributed by atoms with Gasteiger partial charge in [0.1, 0.15) is 5.75 Å². The Morgan fingerprint density at radius 3 is 2.41 bits per heavy atom. The zero-order valence-corrected chi connectivity index (χ0v) is 16.5. The second-order valence-corrected chi connectivity index (χ2v) is 7.42. The second-order valence-electron chi connectivity index (χ2n) is 7.42. The number of amides is 1. The molecule has 1 saturated heterocycles. The van der Waals surface area contributed by atoms with E-state index < -0.39 is 0 Å². The minimum atomic E-state index is -0.0700. The molecule has 4 nitrogen and oxygen atoms in total. The van der Waals surface area contributed by atoms with Gasteiger partial charge in [-0.15, -0.1) is 0 Å². The molecule has 1 atom stereocenters. The number of nitrogens with one attached hydrogen (secondary N) is 1. The summed E-state index contributed by atoms with van der Waals surface area (Å²) in [5.41, 5.74) is 3.38. The van der Waals surface area contributed by atoms with Gasteiger partial charge in [-0.25, -0.2) is 0 Å². The maximum absolute atomic E-state index is 12.4. The van der Waals surface area contributed by atoms with E-state index in [1.54, 1.807) is 0 Å². The van der Waals surface area contributed by atoms with E-state index in [4.69, 9.17) is 4.74 Å². The van der Waals surface area contributed by atoms with Gasteiger partial charge in [0.25, 0.3) is 5.91 Å². The fraction of sp³-hybridized carbons (Fsp3) is 0.240. The highest BCUT2D eigenvalue weighted by atomic mass is 16.5. The lowest BCUT2D eigenvalue weighted by Gasteiger charge is -2.17. The normalized spacial score (nSPS) is 16.5. The van der Waals surface area contributed by atoms with Crippen LogP contribution in [0.3, 0.4) is 0 Å². The molecule has 148 valence electrons. The van der Waals surface area contributed by atoms with Crippen LogP contribution >= 0.6 is 0 Å². The van der Waals surface area contributed by atoms with Gasteiger partial charge < -0.3 is 10.1 Å². The Morgan fingerprint density at radius 1 is 0.931 bits per heavy atom. The van der Waals surface area contributed by atoms with Gasteiger partial charge in [0, 0.05) is 31.2 Å². The molecule has 1 N–H and O–H groups in total. The molecule has 1 fully saturated rings. The predicted molar refractivity (Wildman–Crippen MR) is 116 cm³/mol. The number of carbonyl (C=O) groups excluding carboxylic acids is 1. The molecule has 0 aliphatic carbocycles. The minimum absolute atomic E-state index is 0.0268. The van der Waals surface area contributed by atoms with Crippen molar-refractivity contribution < 1.29 is 9.53 Å². The van der Waals surface area contributed by atoms with Gasteiger partial charge >= 0.3 is 0 Å². The van der Waals surface area contributed by atoms with Crippen molar-refractivity contribution in [1.29, 1.82) is 0 Å². The molecular formula is C25H26N2O2. The highest BCUT2D eigenvalue weighted by Gasteiger charge is 2.24. The van der Waals surface area contributed by atoms with Crippen LogP contribution in [0.5, 0.6) is 5.75 Å². The zero-order valence-electron chi connectivity index (χ0n) is 16.5. The van der Waals surface area contributed by atoms with Gasteiger partial charge in [0.2, 0.25) is 0 Å². The third-order valence-corrected chi connectivity index (χ3v) is 5.22. The van der Waals surface area contributed by atoms with Crippen LogP contribution in [-0.2, 0) is 11.3 Å². The summed E-state index contributed by atoms with van der Waals surface area (Å²) in [6, 6.07) is 28.5. The summed E-state index contributed by atoms with van der Waals surface area (Å²) in [7, 11) is 0. The van der Waals surface area contributed by atoms with E-state index in [1.165, 1.54) is 5.56 Å². The highest BCUT2D eigenvalue weighted by molar-refractivity contribution is 5.78. The van der Waals surface area contributed by atoms with Crippen LogP contribution in [0, 0.1) is 0 Å². The molecule has 0 spiro atoms. The number of nitrogens with zero attached hydrogens (tertiary/aromatic N) is 1. The van der Waals surface area contributed by atoms with Gasteiger partial charge in [-0.1, -0.05) is 78.9 Å². The Kier molecular flexibility index (Phi) is 6.22. The molecule has 1 aliphatic rings. The summed E-state index contributed by atoms with van der Waals surface area (Å²) in [5, 5.41) is 3.12. The van der Waals surface area contributed by atoms with Crippen molar-refractivity contribution >= 4 is 5.91 Å². The first-order valence-corrected chi connectivity index (χ1v) is 10.1. The van der Waals surface area contributed by atoms with E-state index in [-0.39, 0.29) is 18.6 Å². The van der Waals surface area contributed by atoms with Gasteiger partial charge in [-0.2, -0.15) is 0 Å². The van der Waals surface area contributed by atoms with E-state index in [2.05, 4.69) is 34.5 Å². The van der Waals surface area contributed by atoms with E-state index in [0.29, 0.717) is 0 Å². The fourth-order valence-corrected chi connectivity index (χ4v) is 3.80. The number of likely N-dealkylation sites (tertiary alicyclic amines) is 1. The van der Waals surface area contributed by atoms with Crippen LogP contribution in [0.25, 0.3) is 11.1 Å².